The molecule has 0 N–H and O–H groups in total. The van der Waals surface area contributed by atoms with Crippen molar-refractivity contribution >= 4 is 55.1 Å². The van der Waals surface area contributed by atoms with Crippen LogP contribution >= 0.6 is 55.1 Å². The van der Waals surface area contributed by atoms with Gasteiger partial charge in [-0.15, -0.1) is 0 Å². The van der Waals surface area contributed by atoms with Crippen LogP contribution in [0.1, 0.15) is 0 Å². The summed E-state index contributed by atoms with van der Waals surface area (Å²) in [6.07, 6.45) is 0. The number of rotatable bonds is 0. The molecule has 0 saturated carbocycles. The predicted octanol–water partition coefficient (Wildman–Crippen LogP) is 6.42. The molecule has 2 aromatic rings. The molecule has 1 aliphatic rings. The van der Waals surface area contributed by atoms with Gasteiger partial charge < -0.3 is 9.47 Å². The van der Waals surface area contributed by atoms with E-state index >= 15 is 0 Å². The van der Waals surface area contributed by atoms with Gasteiger partial charge in [-0.05, 0) is 44.0 Å². The molecule has 0 spiro atoms. The van der Waals surface area contributed by atoms with Crippen molar-refractivity contribution in [2.45, 2.75) is 0 Å². The highest BCUT2D eigenvalue weighted by Crippen LogP contribution is 2.52. The summed E-state index contributed by atoms with van der Waals surface area (Å²) in [5, 5.41) is 1.13. The second kappa shape index (κ2) is 4.60. The molecule has 0 atom stereocenters. The van der Waals surface area contributed by atoms with E-state index in [1.807, 2.05) is 0 Å². The zero-order valence-corrected chi connectivity index (χ0v) is 13.3. The molecular formula is C12H4Br2Cl2O2. The van der Waals surface area contributed by atoms with E-state index in [-0.39, 0.29) is 0 Å². The molecule has 1 aliphatic heterocycles. The fourth-order valence-corrected chi connectivity index (χ4v) is 3.37. The third kappa shape index (κ3) is 2.11. The quantitative estimate of drug-likeness (QED) is 0.426. The van der Waals surface area contributed by atoms with Crippen molar-refractivity contribution in [3.63, 3.8) is 0 Å². The topological polar surface area (TPSA) is 18.5 Å². The van der Waals surface area contributed by atoms with Gasteiger partial charge in [0.05, 0.1) is 8.95 Å². The van der Waals surface area contributed by atoms with E-state index in [9.17, 15) is 0 Å². The molecule has 1 heterocycles. The zero-order chi connectivity index (χ0) is 12.9. The Labute approximate surface area is 130 Å². The molecule has 0 amide bonds. The van der Waals surface area contributed by atoms with Gasteiger partial charge in [0.2, 0.25) is 0 Å². The first-order valence-corrected chi connectivity index (χ1v) is 7.22. The van der Waals surface area contributed by atoms with E-state index in [0.29, 0.717) is 33.0 Å². The van der Waals surface area contributed by atoms with Gasteiger partial charge in [0.25, 0.3) is 0 Å². The lowest BCUT2D eigenvalue weighted by Crippen LogP contribution is -2.00. The van der Waals surface area contributed by atoms with Crippen LogP contribution in [0.5, 0.6) is 23.0 Å². The summed E-state index contributed by atoms with van der Waals surface area (Å²) in [5.41, 5.74) is 0. The Morgan fingerprint density at radius 2 is 1.11 bits per heavy atom. The molecule has 3 rings (SSSR count). The lowest BCUT2D eigenvalue weighted by molar-refractivity contribution is 0.356. The smallest absolute Gasteiger partial charge is 0.184 e. The summed E-state index contributed by atoms with van der Waals surface area (Å²) < 4.78 is 13.0. The van der Waals surface area contributed by atoms with Crippen molar-refractivity contribution in [2.75, 3.05) is 0 Å². The second-order valence-corrected chi connectivity index (χ2v) is 6.22. The van der Waals surface area contributed by atoms with Crippen LogP contribution in [0.2, 0.25) is 10.0 Å². The van der Waals surface area contributed by atoms with E-state index in [1.165, 1.54) is 0 Å². The van der Waals surface area contributed by atoms with E-state index in [1.54, 1.807) is 24.3 Å². The Kier molecular flexibility index (Phi) is 3.22. The summed E-state index contributed by atoms with van der Waals surface area (Å²) >= 11 is 18.7. The Bertz CT molecular complexity index is 602. The molecule has 0 radical (unpaired) electrons. The van der Waals surface area contributed by atoms with Gasteiger partial charge in [0.1, 0.15) is 0 Å². The van der Waals surface area contributed by atoms with Crippen molar-refractivity contribution < 1.29 is 9.47 Å². The highest BCUT2D eigenvalue weighted by Gasteiger charge is 2.24. The Morgan fingerprint density at radius 3 is 1.50 bits per heavy atom. The lowest BCUT2D eigenvalue weighted by atomic mass is 10.2. The van der Waals surface area contributed by atoms with Crippen molar-refractivity contribution in [3.05, 3.63) is 43.3 Å². The minimum Gasteiger partial charge on any atom is -0.448 e. The minimum absolute atomic E-state index is 0.560. The molecule has 18 heavy (non-hydrogen) atoms. The van der Waals surface area contributed by atoms with E-state index in [4.69, 9.17) is 32.7 Å². The van der Waals surface area contributed by atoms with Crippen LogP contribution in [0.25, 0.3) is 0 Å². The van der Waals surface area contributed by atoms with Crippen LogP contribution < -0.4 is 9.47 Å². The molecular weight excluding hydrogens is 407 g/mol. The maximum absolute atomic E-state index is 5.98. The molecule has 0 bridgehead atoms. The minimum atomic E-state index is 0.560. The monoisotopic (exact) mass is 408 g/mol. The SMILES string of the molecule is Clc1cc(Br)c2c(c1)Oc1c(Br)cc(Cl)cc1O2. The summed E-state index contributed by atoms with van der Waals surface area (Å²) in [5.74, 6) is 2.29. The Morgan fingerprint density at radius 1 is 0.722 bits per heavy atom. The third-order valence-corrected chi connectivity index (χ3v) is 3.99. The number of ether oxygens (including phenoxy) is 2. The number of fused-ring (bicyclic) bond motifs is 2. The fourth-order valence-electron chi connectivity index (χ4n) is 1.64. The lowest BCUT2D eigenvalue weighted by Gasteiger charge is -2.22. The molecule has 0 aromatic heterocycles. The number of hydrogen-bond acceptors (Lipinski definition) is 2. The predicted molar refractivity (Wildman–Crippen MR) is 78.5 cm³/mol. The maximum Gasteiger partial charge on any atom is 0.184 e. The van der Waals surface area contributed by atoms with Gasteiger partial charge in [-0.2, -0.15) is 0 Å². The van der Waals surface area contributed by atoms with Crippen molar-refractivity contribution in [1.29, 1.82) is 0 Å². The molecule has 0 aliphatic carbocycles. The first kappa shape index (κ1) is 12.6. The van der Waals surface area contributed by atoms with Gasteiger partial charge in [-0.25, -0.2) is 0 Å². The van der Waals surface area contributed by atoms with Gasteiger partial charge in [-0.3, -0.25) is 0 Å². The number of benzene rings is 2. The van der Waals surface area contributed by atoms with Crippen LogP contribution in [0.3, 0.4) is 0 Å². The first-order chi connectivity index (χ1) is 8.54. The average molecular weight is 411 g/mol. The van der Waals surface area contributed by atoms with E-state index < -0.39 is 0 Å². The maximum atomic E-state index is 5.98. The molecule has 0 fully saturated rings. The number of halogens is 4. The van der Waals surface area contributed by atoms with Crippen LogP contribution in [-0.2, 0) is 0 Å². The zero-order valence-electron chi connectivity index (χ0n) is 8.64. The fraction of sp³-hybridized carbons (Fsp3) is 0. The van der Waals surface area contributed by atoms with Crippen LogP contribution in [0.15, 0.2) is 33.2 Å². The van der Waals surface area contributed by atoms with Gasteiger partial charge in [-0.1, -0.05) is 23.2 Å². The van der Waals surface area contributed by atoms with Crippen LogP contribution in [0.4, 0.5) is 0 Å². The Balaban J connectivity index is 2.18. The van der Waals surface area contributed by atoms with Crippen molar-refractivity contribution in [3.8, 4) is 23.0 Å². The summed E-state index contributed by atoms with van der Waals surface area (Å²) in [6.45, 7) is 0. The first-order valence-electron chi connectivity index (χ1n) is 4.88. The van der Waals surface area contributed by atoms with Gasteiger partial charge in [0, 0.05) is 22.2 Å². The average Bonchev–Trinajstić information content (AvgIpc) is 2.27. The summed E-state index contributed by atoms with van der Waals surface area (Å²) in [7, 11) is 0. The summed E-state index contributed by atoms with van der Waals surface area (Å²) in [6, 6.07) is 6.89. The second-order valence-electron chi connectivity index (χ2n) is 3.63. The molecule has 92 valence electrons. The van der Waals surface area contributed by atoms with Crippen molar-refractivity contribution in [2.24, 2.45) is 0 Å². The highest BCUT2D eigenvalue weighted by molar-refractivity contribution is 9.11. The van der Waals surface area contributed by atoms with Crippen LogP contribution in [0, 0.1) is 0 Å². The highest BCUT2D eigenvalue weighted by atomic mass is 79.9. The molecule has 0 unspecified atom stereocenters. The number of hydrogen-bond donors (Lipinski definition) is 0. The van der Waals surface area contributed by atoms with E-state index in [0.717, 1.165) is 8.95 Å². The van der Waals surface area contributed by atoms with Crippen molar-refractivity contribution in [1.82, 2.24) is 0 Å². The standard InChI is InChI=1S/C12H4Br2Cl2O2/c13-7-1-5(15)3-9-11(7)17-10-4-6(16)2-8(14)12(10)18-9/h1-4H. The molecule has 2 aromatic carbocycles. The summed E-state index contributed by atoms with van der Waals surface area (Å²) in [4.78, 5) is 0. The third-order valence-electron chi connectivity index (χ3n) is 2.37. The van der Waals surface area contributed by atoms with Crippen LogP contribution in [-0.4, -0.2) is 0 Å². The molecule has 2 nitrogen and oxygen atoms in total. The van der Waals surface area contributed by atoms with E-state index in [2.05, 4.69) is 31.9 Å². The van der Waals surface area contributed by atoms with Gasteiger partial charge in [0.15, 0.2) is 23.0 Å². The normalized spacial score (nSPS) is 12.2. The molecule has 6 heteroatoms. The Hall–Kier alpha value is -0.420. The van der Waals surface area contributed by atoms with Gasteiger partial charge >= 0.3 is 0 Å². The largest absolute Gasteiger partial charge is 0.448 e. The molecule has 0 saturated heterocycles.